The summed E-state index contributed by atoms with van der Waals surface area (Å²) < 4.78 is 0. The Bertz CT molecular complexity index is 302. The summed E-state index contributed by atoms with van der Waals surface area (Å²) in [7, 11) is 0. The number of benzene rings is 1. The summed E-state index contributed by atoms with van der Waals surface area (Å²) in [5, 5.41) is 9.58. The zero-order valence-corrected chi connectivity index (χ0v) is 8.84. The van der Waals surface area contributed by atoms with Crippen LogP contribution in [0.1, 0.15) is 12.0 Å². The predicted molar refractivity (Wildman–Crippen MR) is 60.3 cm³/mol. The van der Waals surface area contributed by atoms with Gasteiger partial charge in [-0.15, -0.1) is 0 Å². The number of nitrogens with two attached hydrogens (primary N) is 1. The minimum absolute atomic E-state index is 0.206. The number of likely N-dealkylation sites (tertiary alicyclic amines) is 1. The predicted octanol–water partition coefficient (Wildman–Crippen LogP) is 0.580. The number of aliphatic hydroxyl groups excluding tert-OH is 1. The second kappa shape index (κ2) is 4.75. The lowest BCUT2D eigenvalue weighted by molar-refractivity contribution is 0.173. The number of hydrogen-bond acceptors (Lipinski definition) is 3. The van der Waals surface area contributed by atoms with Crippen molar-refractivity contribution < 1.29 is 5.11 Å². The Hall–Kier alpha value is -0.900. The lowest BCUT2D eigenvalue weighted by Crippen LogP contribution is -2.34. The van der Waals surface area contributed by atoms with E-state index in [9.17, 15) is 5.11 Å². The van der Waals surface area contributed by atoms with E-state index in [1.54, 1.807) is 0 Å². The molecule has 2 atom stereocenters. The van der Waals surface area contributed by atoms with E-state index in [0.717, 1.165) is 19.5 Å². The summed E-state index contributed by atoms with van der Waals surface area (Å²) in [5.41, 5.74) is 6.97. The van der Waals surface area contributed by atoms with Crippen LogP contribution in [-0.2, 0) is 6.54 Å². The zero-order chi connectivity index (χ0) is 10.7. The first-order valence-corrected chi connectivity index (χ1v) is 5.45. The van der Waals surface area contributed by atoms with Crippen molar-refractivity contribution in [3.05, 3.63) is 35.9 Å². The molecule has 1 fully saturated rings. The number of aliphatic hydroxyl groups is 1. The van der Waals surface area contributed by atoms with E-state index in [4.69, 9.17) is 5.73 Å². The molecule has 1 saturated heterocycles. The molecule has 1 aromatic carbocycles. The van der Waals surface area contributed by atoms with Gasteiger partial charge < -0.3 is 10.8 Å². The van der Waals surface area contributed by atoms with Crippen LogP contribution in [0.2, 0.25) is 0 Å². The van der Waals surface area contributed by atoms with Crippen molar-refractivity contribution in [2.24, 2.45) is 5.73 Å². The zero-order valence-electron chi connectivity index (χ0n) is 8.84. The third-order valence-electron chi connectivity index (χ3n) is 3.01. The molecule has 1 aliphatic heterocycles. The maximum absolute atomic E-state index is 9.58. The van der Waals surface area contributed by atoms with Gasteiger partial charge in [0.2, 0.25) is 0 Å². The molecule has 15 heavy (non-hydrogen) atoms. The van der Waals surface area contributed by atoms with E-state index >= 15 is 0 Å². The monoisotopic (exact) mass is 206 g/mol. The Morgan fingerprint density at radius 3 is 2.73 bits per heavy atom. The molecule has 0 saturated carbocycles. The van der Waals surface area contributed by atoms with Crippen LogP contribution in [0, 0.1) is 0 Å². The second-order valence-corrected chi connectivity index (χ2v) is 4.19. The Morgan fingerprint density at radius 1 is 1.33 bits per heavy atom. The molecule has 2 unspecified atom stereocenters. The normalized spacial score (nSPS) is 27.1. The molecule has 0 spiro atoms. The summed E-state index contributed by atoms with van der Waals surface area (Å²) >= 11 is 0. The van der Waals surface area contributed by atoms with Crippen LogP contribution in [0.4, 0.5) is 0 Å². The summed E-state index contributed by atoms with van der Waals surface area (Å²) in [5.74, 6) is 0. The lowest BCUT2D eigenvalue weighted by Gasteiger charge is -2.22. The molecule has 1 aliphatic rings. The molecule has 0 amide bonds. The fourth-order valence-corrected chi connectivity index (χ4v) is 2.21. The van der Waals surface area contributed by atoms with E-state index in [1.807, 2.05) is 18.2 Å². The smallest absolute Gasteiger partial charge is 0.0682 e. The molecule has 0 radical (unpaired) electrons. The molecule has 3 heteroatoms. The molecular weight excluding hydrogens is 188 g/mol. The average Bonchev–Trinajstić information content (AvgIpc) is 2.60. The van der Waals surface area contributed by atoms with Gasteiger partial charge in [-0.25, -0.2) is 0 Å². The third-order valence-corrected chi connectivity index (χ3v) is 3.01. The van der Waals surface area contributed by atoms with E-state index < -0.39 is 0 Å². The van der Waals surface area contributed by atoms with Crippen molar-refractivity contribution in [2.45, 2.75) is 25.1 Å². The highest BCUT2D eigenvalue weighted by atomic mass is 16.3. The summed E-state index contributed by atoms with van der Waals surface area (Å²) in [6, 6.07) is 10.7. The van der Waals surface area contributed by atoms with Crippen molar-refractivity contribution in [2.75, 3.05) is 13.1 Å². The molecule has 2 rings (SSSR count). The van der Waals surface area contributed by atoms with Gasteiger partial charge in [0, 0.05) is 25.7 Å². The van der Waals surface area contributed by atoms with Crippen LogP contribution >= 0.6 is 0 Å². The van der Waals surface area contributed by atoms with Gasteiger partial charge in [-0.2, -0.15) is 0 Å². The maximum atomic E-state index is 9.58. The van der Waals surface area contributed by atoms with Gasteiger partial charge in [-0.1, -0.05) is 30.3 Å². The van der Waals surface area contributed by atoms with Crippen molar-refractivity contribution in [3.63, 3.8) is 0 Å². The second-order valence-electron chi connectivity index (χ2n) is 4.19. The van der Waals surface area contributed by atoms with Crippen LogP contribution in [0.15, 0.2) is 30.3 Å². The Labute approximate surface area is 90.5 Å². The first-order valence-electron chi connectivity index (χ1n) is 5.45. The van der Waals surface area contributed by atoms with Gasteiger partial charge in [0.05, 0.1) is 6.10 Å². The van der Waals surface area contributed by atoms with Crippen LogP contribution in [0.5, 0.6) is 0 Å². The fraction of sp³-hybridized carbons (Fsp3) is 0.500. The van der Waals surface area contributed by atoms with Crippen LogP contribution in [-0.4, -0.2) is 35.2 Å². The van der Waals surface area contributed by atoms with Gasteiger partial charge >= 0.3 is 0 Å². The molecule has 3 N–H and O–H groups in total. The summed E-state index contributed by atoms with van der Waals surface area (Å²) in [6.07, 6.45) is 0.603. The highest BCUT2D eigenvalue weighted by Gasteiger charge is 2.29. The first-order chi connectivity index (χ1) is 7.29. The number of hydrogen-bond donors (Lipinski definition) is 2. The molecule has 0 aliphatic carbocycles. The highest BCUT2D eigenvalue weighted by molar-refractivity contribution is 5.15. The van der Waals surface area contributed by atoms with Crippen molar-refractivity contribution in [1.82, 2.24) is 4.90 Å². The largest absolute Gasteiger partial charge is 0.392 e. The minimum Gasteiger partial charge on any atom is -0.392 e. The van der Waals surface area contributed by atoms with Crippen LogP contribution in [0.3, 0.4) is 0 Å². The van der Waals surface area contributed by atoms with Gasteiger partial charge in [0.15, 0.2) is 0 Å². The Kier molecular flexibility index (Phi) is 3.36. The van der Waals surface area contributed by atoms with Gasteiger partial charge in [-0.05, 0) is 12.0 Å². The molecular formula is C12H18N2O. The summed E-state index contributed by atoms with van der Waals surface area (Å²) in [4.78, 5) is 2.26. The topological polar surface area (TPSA) is 49.5 Å². The van der Waals surface area contributed by atoms with Crippen LogP contribution < -0.4 is 5.73 Å². The maximum Gasteiger partial charge on any atom is 0.0682 e. The van der Waals surface area contributed by atoms with Crippen LogP contribution in [0.25, 0.3) is 0 Å². The van der Waals surface area contributed by atoms with Crippen molar-refractivity contribution in [1.29, 1.82) is 0 Å². The van der Waals surface area contributed by atoms with E-state index in [2.05, 4.69) is 17.0 Å². The Morgan fingerprint density at radius 2 is 2.07 bits per heavy atom. The molecule has 1 aromatic rings. The van der Waals surface area contributed by atoms with Crippen molar-refractivity contribution in [3.8, 4) is 0 Å². The molecule has 1 heterocycles. The molecule has 3 nitrogen and oxygen atoms in total. The number of rotatable bonds is 3. The van der Waals surface area contributed by atoms with E-state index in [0.29, 0.717) is 12.6 Å². The molecule has 82 valence electrons. The average molecular weight is 206 g/mol. The van der Waals surface area contributed by atoms with Gasteiger partial charge in [0.25, 0.3) is 0 Å². The quantitative estimate of drug-likeness (QED) is 0.760. The molecule has 0 aromatic heterocycles. The van der Waals surface area contributed by atoms with Crippen molar-refractivity contribution >= 4 is 0 Å². The number of nitrogens with zero attached hydrogens (tertiary/aromatic N) is 1. The van der Waals surface area contributed by atoms with E-state index in [-0.39, 0.29) is 6.10 Å². The Balaban J connectivity index is 2.00. The summed E-state index contributed by atoms with van der Waals surface area (Å²) in [6.45, 7) is 2.26. The number of β-amino-alcohol motifs (C(OH)–C–C–N with tert-alkyl or cyclic N) is 1. The standard InChI is InChI=1S/C12H18N2O/c13-7-11-6-12(15)9-14(11)8-10-4-2-1-3-5-10/h1-5,11-12,15H,6-9,13H2. The highest BCUT2D eigenvalue weighted by Crippen LogP contribution is 2.19. The first kappa shape index (κ1) is 10.6. The van der Waals surface area contributed by atoms with Gasteiger partial charge in [-0.3, -0.25) is 4.90 Å². The van der Waals surface area contributed by atoms with Gasteiger partial charge in [0.1, 0.15) is 0 Å². The van der Waals surface area contributed by atoms with E-state index in [1.165, 1.54) is 5.56 Å². The fourth-order valence-electron chi connectivity index (χ4n) is 2.21. The lowest BCUT2D eigenvalue weighted by atomic mass is 10.2. The SMILES string of the molecule is NCC1CC(O)CN1Cc1ccccc1. The molecule has 0 bridgehead atoms. The third kappa shape index (κ3) is 2.56. The minimum atomic E-state index is -0.206.